The highest BCUT2D eigenvalue weighted by molar-refractivity contribution is 5.76. The van der Waals surface area contributed by atoms with Gasteiger partial charge in [-0.3, -0.25) is 0 Å². The predicted molar refractivity (Wildman–Crippen MR) is 95.9 cm³/mol. The number of rotatable bonds is 8. The van der Waals surface area contributed by atoms with E-state index in [9.17, 15) is 4.39 Å². The quantitative estimate of drug-likeness (QED) is 0.639. The molecule has 2 aromatic heterocycles. The molecule has 0 amide bonds. The number of ether oxygens (including phenoxy) is 2. The molecule has 0 spiro atoms. The third-order valence-electron chi connectivity index (χ3n) is 3.65. The monoisotopic (exact) mass is 358 g/mol. The number of nitrogens with zero attached hydrogens (tertiary/aromatic N) is 2. The molecule has 26 heavy (non-hydrogen) atoms. The van der Waals surface area contributed by atoms with E-state index in [0.717, 1.165) is 5.56 Å². The Hall–Kier alpha value is -3.13. The Morgan fingerprint density at radius 2 is 2.23 bits per heavy atom. The number of nitrogens with two attached hydrogens (primary N) is 1. The fourth-order valence-electron chi connectivity index (χ4n) is 2.23. The highest BCUT2D eigenvalue weighted by atomic mass is 19.1. The average Bonchev–Trinajstić information content (AvgIpc) is 3.09. The summed E-state index contributed by atoms with van der Waals surface area (Å²) in [5.74, 6) is 1.09. The number of benzene rings is 1. The van der Waals surface area contributed by atoms with E-state index in [1.165, 1.54) is 0 Å². The minimum Gasteiger partial charge on any atom is -0.489 e. The third kappa shape index (κ3) is 4.28. The molecule has 0 unspecified atom stereocenters. The van der Waals surface area contributed by atoms with Crippen LogP contribution < -0.4 is 20.5 Å². The van der Waals surface area contributed by atoms with Gasteiger partial charge in [-0.1, -0.05) is 0 Å². The fraction of sp³-hybridized carbons (Fsp3) is 0.222. The lowest BCUT2D eigenvalue weighted by atomic mass is 10.2. The summed E-state index contributed by atoms with van der Waals surface area (Å²) in [6, 6.07) is 9.31. The molecule has 0 atom stereocenters. The van der Waals surface area contributed by atoms with Crippen molar-refractivity contribution in [3.05, 3.63) is 54.0 Å². The van der Waals surface area contributed by atoms with E-state index in [2.05, 4.69) is 15.3 Å². The molecule has 0 aliphatic carbocycles. The Morgan fingerprint density at radius 1 is 1.35 bits per heavy atom. The normalized spacial score (nSPS) is 11.6. The average molecular weight is 358 g/mol. The minimum absolute atomic E-state index is 0.0849. The van der Waals surface area contributed by atoms with Gasteiger partial charge in [0.1, 0.15) is 17.9 Å². The summed E-state index contributed by atoms with van der Waals surface area (Å²) in [4.78, 5) is 8.43. The summed E-state index contributed by atoms with van der Waals surface area (Å²) >= 11 is 0. The van der Waals surface area contributed by atoms with E-state index in [4.69, 9.17) is 19.6 Å². The molecular weight excluding hydrogens is 339 g/mol. The zero-order chi connectivity index (χ0) is 18.4. The summed E-state index contributed by atoms with van der Waals surface area (Å²) in [6.45, 7) is 0.701. The Morgan fingerprint density at radius 3 is 3.00 bits per heavy atom. The first kappa shape index (κ1) is 17.7. The predicted octanol–water partition coefficient (Wildman–Crippen LogP) is 3.03. The first-order valence-corrected chi connectivity index (χ1v) is 7.96. The lowest BCUT2D eigenvalue weighted by Crippen LogP contribution is -2.10. The van der Waals surface area contributed by atoms with E-state index in [0.29, 0.717) is 47.2 Å². The van der Waals surface area contributed by atoms with Crippen LogP contribution in [-0.2, 0) is 6.54 Å². The van der Waals surface area contributed by atoms with Gasteiger partial charge in [0, 0.05) is 37.0 Å². The van der Waals surface area contributed by atoms with E-state index >= 15 is 0 Å². The van der Waals surface area contributed by atoms with Crippen LogP contribution in [0.15, 0.2) is 52.8 Å². The fourth-order valence-corrected chi connectivity index (χ4v) is 2.23. The van der Waals surface area contributed by atoms with Crippen LogP contribution in [0.4, 0.5) is 10.4 Å². The zero-order valence-corrected chi connectivity index (χ0v) is 14.2. The molecule has 0 fully saturated rings. The highest BCUT2D eigenvalue weighted by Gasteiger charge is 2.08. The number of anilines is 1. The molecule has 3 rings (SSSR count). The largest absolute Gasteiger partial charge is 0.489 e. The van der Waals surface area contributed by atoms with Crippen molar-refractivity contribution >= 4 is 17.1 Å². The van der Waals surface area contributed by atoms with Crippen molar-refractivity contribution in [2.45, 2.75) is 6.54 Å². The molecule has 2 heterocycles. The Bertz CT molecular complexity index is 910. The smallest absolute Gasteiger partial charge is 0.295 e. The van der Waals surface area contributed by atoms with Crippen molar-refractivity contribution in [1.82, 2.24) is 9.97 Å². The van der Waals surface area contributed by atoms with Crippen LogP contribution in [0.2, 0.25) is 0 Å². The summed E-state index contributed by atoms with van der Waals surface area (Å²) < 4.78 is 28.8. The van der Waals surface area contributed by atoms with Crippen molar-refractivity contribution < 1.29 is 18.3 Å². The molecule has 8 heteroatoms. The van der Waals surface area contributed by atoms with Crippen molar-refractivity contribution in [3.63, 3.8) is 0 Å². The molecule has 0 saturated heterocycles. The maximum Gasteiger partial charge on any atom is 0.295 e. The van der Waals surface area contributed by atoms with Crippen molar-refractivity contribution in [1.29, 1.82) is 0 Å². The van der Waals surface area contributed by atoms with E-state index in [1.807, 2.05) is 12.1 Å². The number of halogens is 1. The number of methoxy groups -OCH3 is 1. The molecule has 0 bridgehead atoms. The lowest BCUT2D eigenvalue weighted by molar-refractivity contribution is 0.347. The van der Waals surface area contributed by atoms with Crippen LogP contribution in [0, 0.1) is 0 Å². The molecule has 3 aromatic rings. The molecule has 136 valence electrons. The molecule has 7 nitrogen and oxygen atoms in total. The summed E-state index contributed by atoms with van der Waals surface area (Å²) in [6.07, 6.45) is 2.14. The topological polar surface area (TPSA) is 95.4 Å². The number of aromatic nitrogens is 2. The maximum atomic E-state index is 12.5. The maximum absolute atomic E-state index is 12.5. The van der Waals surface area contributed by atoms with Crippen LogP contribution in [0.3, 0.4) is 0 Å². The first-order valence-electron chi connectivity index (χ1n) is 7.96. The second-order valence-corrected chi connectivity index (χ2v) is 5.47. The van der Waals surface area contributed by atoms with Crippen LogP contribution in [0.1, 0.15) is 5.56 Å². The second kappa shape index (κ2) is 8.30. The van der Waals surface area contributed by atoms with Gasteiger partial charge >= 0.3 is 0 Å². The van der Waals surface area contributed by atoms with E-state index in [1.54, 1.807) is 31.5 Å². The van der Waals surface area contributed by atoms with Crippen molar-refractivity contribution in [3.8, 4) is 11.6 Å². The molecule has 3 N–H and O–H groups in total. The van der Waals surface area contributed by atoms with Gasteiger partial charge in [0.15, 0.2) is 5.58 Å². The van der Waals surface area contributed by atoms with Gasteiger partial charge in [-0.15, -0.1) is 0 Å². The highest BCUT2D eigenvalue weighted by Crippen LogP contribution is 2.24. The van der Waals surface area contributed by atoms with Crippen LogP contribution in [0.5, 0.6) is 11.6 Å². The van der Waals surface area contributed by atoms with Gasteiger partial charge in [-0.2, -0.15) is 4.98 Å². The number of fused-ring (bicyclic) bond motifs is 1. The molecule has 0 aliphatic rings. The van der Waals surface area contributed by atoms with Gasteiger partial charge in [0.2, 0.25) is 5.88 Å². The minimum atomic E-state index is 0.0849. The Labute approximate surface area is 149 Å². The van der Waals surface area contributed by atoms with E-state index in [-0.39, 0.29) is 13.2 Å². The van der Waals surface area contributed by atoms with E-state index < -0.39 is 0 Å². The SMILES string of the molecule is COc1cc(CNc2nc3ccc(OC/C(=C\F)CN)cc3o2)ccn1. The molecule has 0 radical (unpaired) electrons. The standard InChI is InChI=1S/C18H19FN4O3/c1-24-17-6-12(4-5-21-17)10-22-18-23-15-3-2-14(7-16(15)26-18)25-11-13(8-19)9-20/h2-8H,9-11,20H2,1H3,(H,22,23)/b13-8-. The summed E-state index contributed by atoms with van der Waals surface area (Å²) in [7, 11) is 1.57. The Kier molecular flexibility index (Phi) is 5.65. The number of hydrogen-bond acceptors (Lipinski definition) is 7. The molecular formula is C18H19FN4O3. The van der Waals surface area contributed by atoms with Gasteiger partial charge in [0.25, 0.3) is 6.01 Å². The van der Waals surface area contributed by atoms with Crippen molar-refractivity contribution in [2.24, 2.45) is 5.73 Å². The number of pyridine rings is 1. The second-order valence-electron chi connectivity index (χ2n) is 5.47. The van der Waals surface area contributed by atoms with Gasteiger partial charge in [0.05, 0.1) is 13.4 Å². The van der Waals surface area contributed by atoms with Crippen LogP contribution in [0.25, 0.3) is 11.1 Å². The number of hydrogen-bond donors (Lipinski definition) is 2. The van der Waals surface area contributed by atoms with Gasteiger partial charge < -0.3 is 24.9 Å². The number of oxazole rings is 1. The molecule has 0 saturated carbocycles. The van der Waals surface area contributed by atoms with Crippen LogP contribution >= 0.6 is 0 Å². The lowest BCUT2D eigenvalue weighted by Gasteiger charge is -2.06. The molecule has 1 aromatic carbocycles. The zero-order valence-electron chi connectivity index (χ0n) is 14.2. The van der Waals surface area contributed by atoms with Crippen molar-refractivity contribution in [2.75, 3.05) is 25.6 Å². The molecule has 0 aliphatic heterocycles. The number of nitrogens with one attached hydrogen (secondary N) is 1. The summed E-state index contributed by atoms with van der Waals surface area (Å²) in [5, 5.41) is 3.11. The van der Waals surface area contributed by atoms with Gasteiger partial charge in [-0.05, 0) is 23.8 Å². The third-order valence-corrected chi connectivity index (χ3v) is 3.65. The Balaban J connectivity index is 1.66. The van der Waals surface area contributed by atoms with Crippen LogP contribution in [-0.4, -0.2) is 30.2 Å². The van der Waals surface area contributed by atoms with Gasteiger partial charge in [-0.25, -0.2) is 9.37 Å². The summed E-state index contributed by atoms with van der Waals surface area (Å²) in [5.41, 5.74) is 8.01. The first-order chi connectivity index (χ1) is 12.7.